The van der Waals surface area contributed by atoms with E-state index in [1.807, 2.05) is 12.1 Å². The van der Waals surface area contributed by atoms with E-state index in [-0.39, 0.29) is 6.10 Å². The lowest BCUT2D eigenvalue weighted by molar-refractivity contribution is 0.135. The maximum Gasteiger partial charge on any atom is 0.120 e. The highest BCUT2D eigenvalue weighted by Gasteiger charge is 2.04. The lowest BCUT2D eigenvalue weighted by Crippen LogP contribution is -2.21. The quantitative estimate of drug-likeness (QED) is 0.770. The van der Waals surface area contributed by atoms with Crippen LogP contribution < -0.4 is 10.1 Å². The molecule has 0 aliphatic carbocycles. The predicted octanol–water partition coefficient (Wildman–Crippen LogP) is 2.99. The molecular formula is C15H25NO2. The molecule has 0 amide bonds. The van der Waals surface area contributed by atoms with Crippen LogP contribution in [-0.2, 0) is 11.3 Å². The Hall–Kier alpha value is -1.06. The van der Waals surface area contributed by atoms with Gasteiger partial charge in [-0.2, -0.15) is 0 Å². The molecule has 1 atom stereocenters. The summed E-state index contributed by atoms with van der Waals surface area (Å²) in [5.74, 6) is 0.932. The number of benzene rings is 1. The zero-order valence-corrected chi connectivity index (χ0v) is 11.9. The highest BCUT2D eigenvalue weighted by molar-refractivity contribution is 5.28. The Morgan fingerprint density at radius 2 is 2.00 bits per heavy atom. The minimum absolute atomic E-state index is 0.179. The third kappa shape index (κ3) is 6.03. The number of hydrogen-bond donors (Lipinski definition) is 1. The van der Waals surface area contributed by atoms with Crippen molar-refractivity contribution < 1.29 is 9.47 Å². The van der Waals surface area contributed by atoms with E-state index in [0.29, 0.717) is 6.04 Å². The van der Waals surface area contributed by atoms with Gasteiger partial charge < -0.3 is 14.8 Å². The third-order valence-corrected chi connectivity index (χ3v) is 2.68. The van der Waals surface area contributed by atoms with Crippen LogP contribution in [0.15, 0.2) is 24.3 Å². The average Bonchev–Trinajstić information content (AvgIpc) is 2.34. The van der Waals surface area contributed by atoms with Gasteiger partial charge in [-0.25, -0.2) is 0 Å². The molecule has 0 saturated carbocycles. The summed E-state index contributed by atoms with van der Waals surface area (Å²) >= 11 is 0. The normalized spacial score (nSPS) is 12.7. The fourth-order valence-electron chi connectivity index (χ4n) is 1.63. The van der Waals surface area contributed by atoms with E-state index in [1.54, 1.807) is 7.11 Å². The van der Waals surface area contributed by atoms with E-state index in [0.717, 1.165) is 25.3 Å². The second kappa shape index (κ2) is 8.11. The van der Waals surface area contributed by atoms with Gasteiger partial charge in [0.1, 0.15) is 5.75 Å². The molecule has 0 bridgehead atoms. The molecule has 0 aliphatic heterocycles. The molecule has 0 fully saturated rings. The number of nitrogens with one attached hydrogen (secondary N) is 1. The SMILES string of the molecule is COCCC(C)Oc1cccc(CNC(C)C)c1. The highest BCUT2D eigenvalue weighted by atomic mass is 16.5. The van der Waals surface area contributed by atoms with Crippen molar-refractivity contribution in [3.63, 3.8) is 0 Å². The smallest absolute Gasteiger partial charge is 0.120 e. The van der Waals surface area contributed by atoms with Gasteiger partial charge in [-0.1, -0.05) is 26.0 Å². The molecule has 1 unspecified atom stereocenters. The van der Waals surface area contributed by atoms with Gasteiger partial charge in [0.2, 0.25) is 0 Å². The first kappa shape index (κ1) is 15.0. The molecule has 3 nitrogen and oxygen atoms in total. The zero-order chi connectivity index (χ0) is 13.4. The maximum atomic E-state index is 5.86. The van der Waals surface area contributed by atoms with Crippen LogP contribution in [0.2, 0.25) is 0 Å². The molecule has 18 heavy (non-hydrogen) atoms. The molecule has 1 aromatic rings. The van der Waals surface area contributed by atoms with Gasteiger partial charge in [-0.05, 0) is 24.6 Å². The van der Waals surface area contributed by atoms with Crippen LogP contribution in [0.1, 0.15) is 32.8 Å². The molecular weight excluding hydrogens is 226 g/mol. The number of ether oxygens (including phenoxy) is 2. The monoisotopic (exact) mass is 251 g/mol. The van der Waals surface area contributed by atoms with E-state index in [2.05, 4.69) is 38.2 Å². The lowest BCUT2D eigenvalue weighted by atomic mass is 10.2. The van der Waals surface area contributed by atoms with E-state index in [4.69, 9.17) is 9.47 Å². The summed E-state index contributed by atoms with van der Waals surface area (Å²) in [6.07, 6.45) is 1.09. The average molecular weight is 251 g/mol. The summed E-state index contributed by atoms with van der Waals surface area (Å²) in [4.78, 5) is 0. The van der Waals surface area contributed by atoms with Crippen molar-refractivity contribution in [1.29, 1.82) is 0 Å². The number of methoxy groups -OCH3 is 1. The number of hydrogen-bond acceptors (Lipinski definition) is 3. The van der Waals surface area contributed by atoms with Gasteiger partial charge in [0, 0.05) is 32.7 Å². The molecule has 0 aromatic heterocycles. The van der Waals surface area contributed by atoms with Crippen molar-refractivity contribution in [2.45, 2.75) is 45.9 Å². The molecule has 1 rings (SSSR count). The van der Waals surface area contributed by atoms with Crippen LogP contribution in [0.25, 0.3) is 0 Å². The van der Waals surface area contributed by atoms with Gasteiger partial charge in [0.25, 0.3) is 0 Å². The lowest BCUT2D eigenvalue weighted by Gasteiger charge is -2.15. The third-order valence-electron chi connectivity index (χ3n) is 2.68. The van der Waals surface area contributed by atoms with E-state index < -0.39 is 0 Å². The van der Waals surface area contributed by atoms with Crippen molar-refractivity contribution in [1.82, 2.24) is 5.32 Å². The summed E-state index contributed by atoms with van der Waals surface area (Å²) in [6, 6.07) is 8.74. The largest absolute Gasteiger partial charge is 0.491 e. The summed E-state index contributed by atoms with van der Waals surface area (Å²) in [5.41, 5.74) is 1.25. The van der Waals surface area contributed by atoms with Crippen LogP contribution in [-0.4, -0.2) is 25.9 Å². The molecule has 0 spiro atoms. The Kier molecular flexibility index (Phi) is 6.76. The van der Waals surface area contributed by atoms with E-state index in [1.165, 1.54) is 5.56 Å². The minimum Gasteiger partial charge on any atom is -0.491 e. The molecule has 1 N–H and O–H groups in total. The molecule has 102 valence electrons. The molecule has 0 heterocycles. The standard InChI is InChI=1S/C15H25NO2/c1-12(2)16-11-14-6-5-7-15(10-14)18-13(3)8-9-17-4/h5-7,10,12-13,16H,8-9,11H2,1-4H3. The van der Waals surface area contributed by atoms with Crippen LogP contribution in [0.5, 0.6) is 5.75 Å². The van der Waals surface area contributed by atoms with E-state index >= 15 is 0 Å². The van der Waals surface area contributed by atoms with Crippen LogP contribution in [0.3, 0.4) is 0 Å². The zero-order valence-electron chi connectivity index (χ0n) is 11.9. The van der Waals surface area contributed by atoms with Crippen molar-refractivity contribution in [3.8, 4) is 5.75 Å². The molecule has 0 saturated heterocycles. The molecule has 1 aromatic carbocycles. The minimum atomic E-state index is 0.179. The molecule has 3 heteroatoms. The van der Waals surface area contributed by atoms with Gasteiger partial charge in [0.05, 0.1) is 6.10 Å². The fourth-order valence-corrected chi connectivity index (χ4v) is 1.63. The first-order chi connectivity index (χ1) is 8.61. The Bertz CT molecular complexity index is 339. The predicted molar refractivity (Wildman–Crippen MR) is 75.0 cm³/mol. The van der Waals surface area contributed by atoms with E-state index in [9.17, 15) is 0 Å². The maximum absolute atomic E-state index is 5.86. The van der Waals surface area contributed by atoms with Crippen LogP contribution in [0.4, 0.5) is 0 Å². The Labute approximate surface area is 110 Å². The molecule has 0 radical (unpaired) electrons. The van der Waals surface area contributed by atoms with Crippen molar-refractivity contribution in [2.75, 3.05) is 13.7 Å². The van der Waals surface area contributed by atoms with Gasteiger partial charge in [-0.3, -0.25) is 0 Å². The Morgan fingerprint density at radius 1 is 1.22 bits per heavy atom. The topological polar surface area (TPSA) is 30.5 Å². The molecule has 0 aliphatic rings. The van der Waals surface area contributed by atoms with Crippen molar-refractivity contribution >= 4 is 0 Å². The first-order valence-corrected chi connectivity index (χ1v) is 6.59. The summed E-state index contributed by atoms with van der Waals surface area (Å²) in [7, 11) is 1.71. The Morgan fingerprint density at radius 3 is 2.67 bits per heavy atom. The van der Waals surface area contributed by atoms with Gasteiger partial charge in [-0.15, -0.1) is 0 Å². The van der Waals surface area contributed by atoms with Gasteiger partial charge in [0.15, 0.2) is 0 Å². The summed E-state index contributed by atoms with van der Waals surface area (Å²) in [5, 5.41) is 3.40. The second-order valence-electron chi connectivity index (χ2n) is 4.89. The Balaban J connectivity index is 2.48. The van der Waals surface area contributed by atoms with Crippen LogP contribution >= 0.6 is 0 Å². The second-order valence-corrected chi connectivity index (χ2v) is 4.89. The van der Waals surface area contributed by atoms with Gasteiger partial charge >= 0.3 is 0 Å². The first-order valence-electron chi connectivity index (χ1n) is 6.59. The van der Waals surface area contributed by atoms with Crippen LogP contribution in [0, 0.1) is 0 Å². The van der Waals surface area contributed by atoms with Crippen molar-refractivity contribution in [3.05, 3.63) is 29.8 Å². The fraction of sp³-hybridized carbons (Fsp3) is 0.600. The number of rotatable bonds is 8. The van der Waals surface area contributed by atoms with Crippen molar-refractivity contribution in [2.24, 2.45) is 0 Å². The highest BCUT2D eigenvalue weighted by Crippen LogP contribution is 2.16. The summed E-state index contributed by atoms with van der Waals surface area (Å²) < 4.78 is 10.9. The summed E-state index contributed by atoms with van der Waals surface area (Å²) in [6.45, 7) is 7.97.